The Balaban J connectivity index is 2.67. The van der Waals surface area contributed by atoms with Gasteiger partial charge in [0, 0.05) is 12.3 Å². The number of thioether (sulfide) groups is 1. The number of rotatable bonds is 5. The Kier molecular flexibility index (Phi) is 4.22. The van der Waals surface area contributed by atoms with Crippen molar-refractivity contribution >= 4 is 17.7 Å². The summed E-state index contributed by atoms with van der Waals surface area (Å²) in [7, 11) is 0. The Morgan fingerprint density at radius 3 is 2.86 bits per heavy atom. The molecule has 0 saturated carbocycles. The second-order valence-corrected chi connectivity index (χ2v) is 4.15. The van der Waals surface area contributed by atoms with Crippen molar-refractivity contribution in [1.29, 1.82) is 0 Å². The van der Waals surface area contributed by atoms with Gasteiger partial charge in [-0.15, -0.1) is 24.9 Å². The van der Waals surface area contributed by atoms with E-state index in [1.807, 2.05) is 11.0 Å². The summed E-state index contributed by atoms with van der Waals surface area (Å²) in [5, 5.41) is 1.16. The fraction of sp³-hybridized carbons (Fsp3) is 0.400. The first-order valence-electron chi connectivity index (χ1n) is 4.47. The standard InChI is InChI=1S/C10H15N2OS/c1-3-5-9-12(6-4-2)8(7-14-9)10(11)13/h3-4,8H,1-2,5-7H2,(H2,11,13). The molecule has 1 atom stereocenters. The number of carbonyl (C=O) groups is 1. The summed E-state index contributed by atoms with van der Waals surface area (Å²) in [5.41, 5.74) is 5.31. The first kappa shape index (κ1) is 11.3. The summed E-state index contributed by atoms with van der Waals surface area (Å²) in [6.45, 7) is 8.03. The van der Waals surface area contributed by atoms with Gasteiger partial charge in [-0.25, -0.2) is 0 Å². The molecule has 1 aliphatic rings. The smallest absolute Gasteiger partial charge is 0.235 e. The Hall–Kier alpha value is -0.740. The molecule has 4 heteroatoms. The van der Waals surface area contributed by atoms with Gasteiger partial charge in [-0.05, 0) is 6.42 Å². The molecular weight excluding hydrogens is 196 g/mol. The molecule has 0 spiro atoms. The van der Waals surface area contributed by atoms with E-state index in [-0.39, 0.29) is 11.9 Å². The van der Waals surface area contributed by atoms with Gasteiger partial charge < -0.3 is 5.73 Å². The Labute approximate surface area is 89.0 Å². The second-order valence-electron chi connectivity index (χ2n) is 3.06. The van der Waals surface area contributed by atoms with Crippen LogP contribution in [0.2, 0.25) is 0 Å². The molecule has 1 amide bonds. The topological polar surface area (TPSA) is 46.3 Å². The first-order chi connectivity index (χ1) is 6.70. The summed E-state index contributed by atoms with van der Waals surface area (Å²) >= 11 is 1.67. The van der Waals surface area contributed by atoms with Crippen molar-refractivity contribution in [3.05, 3.63) is 30.7 Å². The fourth-order valence-corrected chi connectivity index (χ4v) is 2.72. The molecule has 0 aromatic rings. The van der Waals surface area contributed by atoms with Gasteiger partial charge in [0.15, 0.2) is 0 Å². The SMILES string of the molecule is C=CC[C]1SCC(C(N)=O)N1CC=C. The predicted octanol–water partition coefficient (Wildman–Crippen LogP) is 1.14. The number of nitrogens with zero attached hydrogens (tertiary/aromatic N) is 1. The van der Waals surface area contributed by atoms with Gasteiger partial charge in [-0.2, -0.15) is 0 Å². The van der Waals surface area contributed by atoms with Crippen LogP contribution in [-0.4, -0.2) is 29.1 Å². The maximum absolute atomic E-state index is 11.1. The van der Waals surface area contributed by atoms with Gasteiger partial charge in [0.2, 0.25) is 5.91 Å². The van der Waals surface area contributed by atoms with Crippen molar-refractivity contribution in [2.45, 2.75) is 12.5 Å². The van der Waals surface area contributed by atoms with Crippen LogP contribution >= 0.6 is 11.8 Å². The zero-order valence-electron chi connectivity index (χ0n) is 8.11. The van der Waals surface area contributed by atoms with E-state index in [1.165, 1.54) is 0 Å². The van der Waals surface area contributed by atoms with E-state index in [4.69, 9.17) is 5.73 Å². The second kappa shape index (κ2) is 5.22. The van der Waals surface area contributed by atoms with Gasteiger partial charge >= 0.3 is 0 Å². The third-order valence-electron chi connectivity index (χ3n) is 2.08. The van der Waals surface area contributed by atoms with Crippen molar-refractivity contribution in [1.82, 2.24) is 4.90 Å². The molecule has 0 aliphatic carbocycles. The maximum Gasteiger partial charge on any atom is 0.235 e. The lowest BCUT2D eigenvalue weighted by atomic mass is 10.2. The molecule has 77 valence electrons. The highest BCUT2D eigenvalue weighted by Gasteiger charge is 2.36. The molecule has 0 bridgehead atoms. The van der Waals surface area contributed by atoms with Crippen molar-refractivity contribution < 1.29 is 4.79 Å². The number of hydrogen-bond donors (Lipinski definition) is 1. The first-order valence-corrected chi connectivity index (χ1v) is 5.45. The number of hydrogen-bond acceptors (Lipinski definition) is 3. The Morgan fingerprint density at radius 1 is 1.64 bits per heavy atom. The zero-order chi connectivity index (χ0) is 10.6. The van der Waals surface area contributed by atoms with E-state index in [0.29, 0.717) is 6.54 Å². The van der Waals surface area contributed by atoms with Crippen LogP contribution in [0, 0.1) is 5.37 Å². The minimum Gasteiger partial charge on any atom is -0.368 e. The Bertz CT molecular complexity index is 242. The molecule has 2 N–H and O–H groups in total. The molecule has 3 nitrogen and oxygen atoms in total. The molecule has 1 unspecified atom stereocenters. The number of carbonyl (C=O) groups excluding carboxylic acids is 1. The number of amides is 1. The molecule has 1 fully saturated rings. The van der Waals surface area contributed by atoms with Crippen LogP contribution in [0.4, 0.5) is 0 Å². The molecule has 1 rings (SSSR count). The monoisotopic (exact) mass is 211 g/mol. The molecule has 0 aromatic carbocycles. The van der Waals surface area contributed by atoms with Crippen LogP contribution in [-0.2, 0) is 4.79 Å². The number of primary amides is 1. The van der Waals surface area contributed by atoms with E-state index in [2.05, 4.69) is 13.2 Å². The van der Waals surface area contributed by atoms with E-state index in [1.54, 1.807) is 17.8 Å². The largest absolute Gasteiger partial charge is 0.368 e. The lowest BCUT2D eigenvalue weighted by molar-refractivity contribution is -0.121. The normalized spacial score (nSPS) is 23.6. The lowest BCUT2D eigenvalue weighted by Gasteiger charge is -2.24. The average Bonchev–Trinajstić information content (AvgIpc) is 2.50. The summed E-state index contributed by atoms with van der Waals surface area (Å²) in [6, 6.07) is -0.187. The molecule has 1 heterocycles. The molecule has 1 aliphatic heterocycles. The predicted molar refractivity (Wildman–Crippen MR) is 60.4 cm³/mol. The van der Waals surface area contributed by atoms with Gasteiger partial charge in [-0.1, -0.05) is 12.2 Å². The van der Waals surface area contributed by atoms with Crippen LogP contribution in [0.1, 0.15) is 6.42 Å². The molecule has 1 saturated heterocycles. The fourth-order valence-electron chi connectivity index (χ4n) is 1.43. The lowest BCUT2D eigenvalue weighted by Crippen LogP contribution is -2.42. The van der Waals surface area contributed by atoms with Crippen LogP contribution in [0.5, 0.6) is 0 Å². The molecular formula is C10H15N2OS. The molecule has 1 radical (unpaired) electrons. The van der Waals surface area contributed by atoms with Gasteiger partial charge in [0.25, 0.3) is 0 Å². The number of nitrogens with two attached hydrogens (primary N) is 1. The van der Waals surface area contributed by atoms with E-state index < -0.39 is 0 Å². The zero-order valence-corrected chi connectivity index (χ0v) is 8.93. The maximum atomic E-state index is 11.1. The third-order valence-corrected chi connectivity index (χ3v) is 3.29. The van der Waals surface area contributed by atoms with Crippen molar-refractivity contribution in [3.8, 4) is 0 Å². The van der Waals surface area contributed by atoms with Crippen molar-refractivity contribution in [2.24, 2.45) is 5.73 Å². The van der Waals surface area contributed by atoms with E-state index in [0.717, 1.165) is 17.5 Å². The van der Waals surface area contributed by atoms with Crippen LogP contribution in [0.3, 0.4) is 0 Å². The third kappa shape index (κ3) is 2.39. The summed E-state index contributed by atoms with van der Waals surface area (Å²) < 4.78 is 0. The van der Waals surface area contributed by atoms with Crippen molar-refractivity contribution in [3.63, 3.8) is 0 Å². The van der Waals surface area contributed by atoms with Gasteiger partial charge in [0.1, 0.15) is 0 Å². The summed E-state index contributed by atoms with van der Waals surface area (Å²) in [4.78, 5) is 13.1. The average molecular weight is 211 g/mol. The minimum atomic E-state index is -0.265. The summed E-state index contributed by atoms with van der Waals surface area (Å²) in [5.74, 6) is 0.477. The van der Waals surface area contributed by atoms with E-state index in [9.17, 15) is 4.79 Å². The minimum absolute atomic E-state index is 0.187. The van der Waals surface area contributed by atoms with Gasteiger partial charge in [-0.3, -0.25) is 9.69 Å². The highest BCUT2D eigenvalue weighted by atomic mass is 32.2. The van der Waals surface area contributed by atoms with Crippen LogP contribution < -0.4 is 5.73 Å². The van der Waals surface area contributed by atoms with Crippen LogP contribution in [0.25, 0.3) is 0 Å². The molecule has 0 aromatic heterocycles. The van der Waals surface area contributed by atoms with E-state index >= 15 is 0 Å². The highest BCUT2D eigenvalue weighted by Crippen LogP contribution is 2.37. The van der Waals surface area contributed by atoms with Crippen molar-refractivity contribution in [2.75, 3.05) is 12.3 Å². The van der Waals surface area contributed by atoms with Gasteiger partial charge in [0.05, 0.1) is 11.4 Å². The quantitative estimate of drug-likeness (QED) is 0.694. The summed E-state index contributed by atoms with van der Waals surface area (Å²) in [6.07, 6.45) is 4.41. The molecule has 14 heavy (non-hydrogen) atoms. The van der Waals surface area contributed by atoms with Crippen LogP contribution in [0.15, 0.2) is 25.3 Å². The highest BCUT2D eigenvalue weighted by molar-refractivity contribution is 8.02. The Morgan fingerprint density at radius 2 is 2.36 bits per heavy atom.